The lowest BCUT2D eigenvalue weighted by atomic mass is 9.92. The number of piperidine rings is 1. The Morgan fingerprint density at radius 2 is 2.04 bits per heavy atom. The predicted molar refractivity (Wildman–Crippen MR) is 89.5 cm³/mol. The Balaban J connectivity index is 1.57. The summed E-state index contributed by atoms with van der Waals surface area (Å²) in [6, 6.07) is 0.636. The van der Waals surface area contributed by atoms with Gasteiger partial charge in [0.1, 0.15) is 5.82 Å². The van der Waals surface area contributed by atoms with Crippen molar-refractivity contribution in [2.75, 3.05) is 11.4 Å². The van der Waals surface area contributed by atoms with Crippen LogP contribution in [0.3, 0.4) is 0 Å². The Morgan fingerprint density at radius 3 is 2.88 bits per heavy atom. The molecule has 0 bridgehead atoms. The highest BCUT2D eigenvalue weighted by Gasteiger charge is 2.37. The van der Waals surface area contributed by atoms with Gasteiger partial charge in [-0.3, -0.25) is 4.57 Å². The standard InChI is InChI=1S/C16H24N8/c1-2-10-24-15(9-8-14-17-21-22-18-14)19-20-16(24)23-11-4-6-12-5-3-7-13(12)23/h2,12-13H,1,3-11H2,(H,17,18,21,22). The highest BCUT2D eigenvalue weighted by molar-refractivity contribution is 5.35. The summed E-state index contributed by atoms with van der Waals surface area (Å²) in [7, 11) is 0. The lowest BCUT2D eigenvalue weighted by Gasteiger charge is -2.38. The molecule has 4 rings (SSSR count). The molecule has 1 saturated carbocycles. The van der Waals surface area contributed by atoms with Crippen LogP contribution in [-0.2, 0) is 19.4 Å². The van der Waals surface area contributed by atoms with Crippen LogP contribution in [0.2, 0.25) is 0 Å². The lowest BCUT2D eigenvalue weighted by molar-refractivity contribution is 0.355. The van der Waals surface area contributed by atoms with Gasteiger partial charge in [0.25, 0.3) is 0 Å². The Kier molecular flexibility index (Phi) is 4.27. The van der Waals surface area contributed by atoms with Gasteiger partial charge in [0.2, 0.25) is 5.95 Å². The van der Waals surface area contributed by atoms with E-state index in [0.29, 0.717) is 18.3 Å². The van der Waals surface area contributed by atoms with Crippen molar-refractivity contribution in [2.45, 2.75) is 57.5 Å². The van der Waals surface area contributed by atoms with Gasteiger partial charge in [-0.2, -0.15) is 5.21 Å². The summed E-state index contributed by atoms with van der Waals surface area (Å²) in [6.07, 6.45) is 9.97. The molecule has 8 heteroatoms. The fraction of sp³-hybridized carbons (Fsp3) is 0.688. The number of allylic oxidation sites excluding steroid dienone is 1. The second-order valence-electron chi connectivity index (χ2n) is 6.74. The number of anilines is 1. The van der Waals surface area contributed by atoms with E-state index in [0.717, 1.165) is 37.2 Å². The third-order valence-corrected chi connectivity index (χ3v) is 5.33. The van der Waals surface area contributed by atoms with Gasteiger partial charge in [0.15, 0.2) is 5.82 Å². The number of rotatable bonds is 6. The SMILES string of the molecule is C=CCn1c(CCc2nn[nH]n2)nnc1N1CCCC2CCCC21. The number of nitrogens with zero attached hydrogens (tertiary/aromatic N) is 7. The van der Waals surface area contributed by atoms with Crippen molar-refractivity contribution in [1.29, 1.82) is 0 Å². The summed E-state index contributed by atoms with van der Waals surface area (Å²) in [5.41, 5.74) is 0. The average Bonchev–Trinajstić information content (AvgIpc) is 3.34. The Morgan fingerprint density at radius 1 is 1.12 bits per heavy atom. The third kappa shape index (κ3) is 2.81. The van der Waals surface area contributed by atoms with Crippen LogP contribution < -0.4 is 4.90 Å². The van der Waals surface area contributed by atoms with Crippen LogP contribution in [0.15, 0.2) is 12.7 Å². The van der Waals surface area contributed by atoms with Crippen molar-refractivity contribution in [2.24, 2.45) is 5.92 Å². The number of hydrogen-bond acceptors (Lipinski definition) is 6. The van der Waals surface area contributed by atoms with E-state index in [-0.39, 0.29) is 0 Å². The van der Waals surface area contributed by atoms with Crippen molar-refractivity contribution in [3.8, 4) is 0 Å². The first-order valence-corrected chi connectivity index (χ1v) is 8.88. The maximum atomic E-state index is 4.55. The highest BCUT2D eigenvalue weighted by Crippen LogP contribution is 2.38. The molecule has 0 spiro atoms. The molecule has 1 N–H and O–H groups in total. The minimum absolute atomic E-state index is 0.636. The van der Waals surface area contributed by atoms with E-state index in [2.05, 4.69) is 46.9 Å². The van der Waals surface area contributed by atoms with Gasteiger partial charge in [-0.05, 0) is 31.6 Å². The molecule has 1 saturated heterocycles. The molecular weight excluding hydrogens is 304 g/mol. The number of hydrogen-bond donors (Lipinski definition) is 1. The summed E-state index contributed by atoms with van der Waals surface area (Å²) in [6.45, 7) is 5.72. The van der Waals surface area contributed by atoms with E-state index < -0.39 is 0 Å². The number of tetrazole rings is 1. The van der Waals surface area contributed by atoms with E-state index in [1.54, 1.807) is 0 Å². The number of aromatic nitrogens is 7. The van der Waals surface area contributed by atoms with E-state index in [9.17, 15) is 0 Å². The molecule has 2 aromatic heterocycles. The van der Waals surface area contributed by atoms with E-state index >= 15 is 0 Å². The fourth-order valence-electron chi connectivity index (χ4n) is 4.25. The maximum Gasteiger partial charge on any atom is 0.227 e. The molecule has 128 valence electrons. The summed E-state index contributed by atoms with van der Waals surface area (Å²) < 4.78 is 2.20. The monoisotopic (exact) mass is 328 g/mol. The van der Waals surface area contributed by atoms with Crippen LogP contribution in [0.1, 0.15) is 43.8 Å². The molecule has 3 heterocycles. The molecule has 24 heavy (non-hydrogen) atoms. The van der Waals surface area contributed by atoms with Crippen molar-refractivity contribution in [1.82, 2.24) is 35.4 Å². The summed E-state index contributed by atoms with van der Waals surface area (Å²) in [4.78, 5) is 2.50. The third-order valence-electron chi connectivity index (χ3n) is 5.33. The van der Waals surface area contributed by atoms with Gasteiger partial charge in [0, 0.05) is 32.0 Å². The van der Waals surface area contributed by atoms with Crippen molar-refractivity contribution in [3.05, 3.63) is 24.3 Å². The van der Waals surface area contributed by atoms with Gasteiger partial charge >= 0.3 is 0 Å². The van der Waals surface area contributed by atoms with Crippen LogP contribution >= 0.6 is 0 Å². The second kappa shape index (κ2) is 6.70. The van der Waals surface area contributed by atoms with Crippen LogP contribution in [0, 0.1) is 5.92 Å². The van der Waals surface area contributed by atoms with Gasteiger partial charge in [0.05, 0.1) is 0 Å². The number of nitrogens with one attached hydrogen (secondary N) is 1. The average molecular weight is 328 g/mol. The molecule has 0 radical (unpaired) electrons. The molecule has 2 aromatic rings. The molecule has 8 nitrogen and oxygen atoms in total. The number of fused-ring (bicyclic) bond motifs is 1. The van der Waals surface area contributed by atoms with Crippen molar-refractivity contribution in [3.63, 3.8) is 0 Å². The zero-order chi connectivity index (χ0) is 16.4. The van der Waals surface area contributed by atoms with Crippen molar-refractivity contribution < 1.29 is 0 Å². The number of H-pyrrole nitrogens is 1. The summed E-state index contributed by atoms with van der Waals surface area (Å²) >= 11 is 0. The van der Waals surface area contributed by atoms with Crippen LogP contribution in [0.5, 0.6) is 0 Å². The largest absolute Gasteiger partial charge is 0.338 e. The molecule has 0 amide bonds. The first kappa shape index (κ1) is 15.3. The Labute approximate surface area is 141 Å². The van der Waals surface area contributed by atoms with Crippen LogP contribution in [0.4, 0.5) is 5.95 Å². The normalized spacial score (nSPS) is 23.4. The zero-order valence-corrected chi connectivity index (χ0v) is 13.9. The summed E-state index contributed by atoms with van der Waals surface area (Å²) in [5, 5.41) is 23.1. The molecular formula is C16H24N8. The smallest absolute Gasteiger partial charge is 0.227 e. The lowest BCUT2D eigenvalue weighted by Crippen LogP contribution is -2.44. The fourth-order valence-corrected chi connectivity index (χ4v) is 4.25. The topological polar surface area (TPSA) is 88.4 Å². The minimum Gasteiger partial charge on any atom is -0.338 e. The highest BCUT2D eigenvalue weighted by atomic mass is 15.5. The Bertz CT molecular complexity index is 676. The number of aryl methyl sites for hydroxylation is 2. The van der Waals surface area contributed by atoms with E-state index in [4.69, 9.17) is 0 Å². The van der Waals surface area contributed by atoms with Crippen molar-refractivity contribution >= 4 is 5.95 Å². The minimum atomic E-state index is 0.636. The first-order chi connectivity index (χ1) is 11.9. The molecule has 2 atom stereocenters. The molecule has 1 aliphatic carbocycles. The summed E-state index contributed by atoms with van der Waals surface area (Å²) in [5.74, 6) is 3.51. The van der Waals surface area contributed by atoms with Gasteiger partial charge in [-0.15, -0.1) is 27.0 Å². The van der Waals surface area contributed by atoms with Gasteiger partial charge in [-0.25, -0.2) is 0 Å². The Hall–Kier alpha value is -2.25. The van der Waals surface area contributed by atoms with E-state index in [1.807, 2.05) is 6.08 Å². The quantitative estimate of drug-likeness (QED) is 0.809. The number of aromatic amines is 1. The molecule has 2 fully saturated rings. The molecule has 2 aliphatic rings. The molecule has 1 aliphatic heterocycles. The van der Waals surface area contributed by atoms with Crippen LogP contribution in [0.25, 0.3) is 0 Å². The van der Waals surface area contributed by atoms with Gasteiger partial charge < -0.3 is 4.90 Å². The second-order valence-corrected chi connectivity index (χ2v) is 6.74. The predicted octanol–water partition coefficient (Wildman–Crippen LogP) is 1.53. The first-order valence-electron chi connectivity index (χ1n) is 8.88. The molecule has 0 aromatic carbocycles. The van der Waals surface area contributed by atoms with E-state index in [1.165, 1.54) is 32.1 Å². The van der Waals surface area contributed by atoms with Crippen LogP contribution in [-0.4, -0.2) is 48.0 Å². The maximum absolute atomic E-state index is 4.55. The van der Waals surface area contributed by atoms with Gasteiger partial charge in [-0.1, -0.05) is 17.7 Å². The zero-order valence-electron chi connectivity index (χ0n) is 13.9. The molecule has 2 unspecified atom stereocenters.